The van der Waals surface area contributed by atoms with Gasteiger partial charge in [0.05, 0.1) is 24.3 Å². The van der Waals surface area contributed by atoms with E-state index in [1.165, 1.54) is 12.3 Å². The number of hydrogen-bond donors (Lipinski definition) is 1. The van der Waals surface area contributed by atoms with Gasteiger partial charge in [0.25, 0.3) is 5.91 Å². The first kappa shape index (κ1) is 21.2. The number of rotatable bonds is 3. The van der Waals surface area contributed by atoms with Crippen LogP contribution in [0.25, 0.3) is 0 Å². The fourth-order valence-electron chi connectivity index (χ4n) is 5.23. The minimum atomic E-state index is -4.79. The van der Waals surface area contributed by atoms with Crippen molar-refractivity contribution in [2.45, 2.75) is 43.7 Å². The minimum absolute atomic E-state index is 0.0720. The van der Waals surface area contributed by atoms with Crippen LogP contribution in [0.5, 0.6) is 0 Å². The Labute approximate surface area is 182 Å². The van der Waals surface area contributed by atoms with Crippen molar-refractivity contribution in [3.63, 3.8) is 0 Å². The van der Waals surface area contributed by atoms with Crippen molar-refractivity contribution in [2.75, 3.05) is 31.6 Å². The lowest BCUT2D eigenvalue weighted by molar-refractivity contribution is -0.139. The second-order valence-electron chi connectivity index (χ2n) is 8.62. The largest absolute Gasteiger partial charge is 0.419 e. The second-order valence-corrected chi connectivity index (χ2v) is 8.62. The van der Waals surface area contributed by atoms with Crippen LogP contribution in [0, 0.1) is 5.82 Å². The molecule has 5 nitrogen and oxygen atoms in total. The first-order valence-corrected chi connectivity index (χ1v) is 10.9. The van der Waals surface area contributed by atoms with E-state index in [0.717, 1.165) is 48.9 Å². The van der Waals surface area contributed by atoms with Gasteiger partial charge in [0.2, 0.25) is 0 Å². The average molecular weight is 449 g/mol. The number of nitrogens with one attached hydrogen (secondary N) is 1. The minimum Gasteiger partial charge on any atom is -0.378 e. The summed E-state index contributed by atoms with van der Waals surface area (Å²) in [5, 5.41) is 2.98. The van der Waals surface area contributed by atoms with E-state index < -0.39 is 17.6 Å². The van der Waals surface area contributed by atoms with E-state index in [-0.39, 0.29) is 23.4 Å². The Morgan fingerprint density at radius 3 is 2.38 bits per heavy atom. The third kappa shape index (κ3) is 3.72. The molecular formula is C23H23F4N3O2. The number of aromatic nitrogens is 1. The average Bonchev–Trinajstić information content (AvgIpc) is 2.80. The van der Waals surface area contributed by atoms with Crippen molar-refractivity contribution in [3.05, 3.63) is 52.5 Å². The molecule has 2 bridgehead atoms. The fourth-order valence-corrected chi connectivity index (χ4v) is 5.23. The summed E-state index contributed by atoms with van der Waals surface area (Å²) < 4.78 is 58.5. The van der Waals surface area contributed by atoms with Gasteiger partial charge in [-0.2, -0.15) is 13.2 Å². The normalized spacial score (nSPS) is 22.6. The summed E-state index contributed by atoms with van der Waals surface area (Å²) in [5.41, 5.74) is 1.26. The molecule has 1 aliphatic heterocycles. The van der Waals surface area contributed by atoms with Gasteiger partial charge in [-0.25, -0.2) is 9.37 Å². The molecule has 1 aromatic heterocycles. The molecule has 2 heterocycles. The van der Waals surface area contributed by atoms with E-state index in [9.17, 15) is 22.4 Å². The molecule has 0 radical (unpaired) electrons. The number of carbonyl (C=O) groups excluding carboxylic acids is 1. The number of halogens is 4. The van der Waals surface area contributed by atoms with Crippen molar-refractivity contribution in [1.82, 2.24) is 9.88 Å². The molecule has 1 saturated carbocycles. The predicted octanol–water partition coefficient (Wildman–Crippen LogP) is 5.21. The highest BCUT2D eigenvalue weighted by Gasteiger charge is 2.39. The van der Waals surface area contributed by atoms with Gasteiger partial charge >= 0.3 is 6.18 Å². The van der Waals surface area contributed by atoms with Crippen molar-refractivity contribution in [1.29, 1.82) is 0 Å². The molecule has 1 aromatic carbocycles. The summed E-state index contributed by atoms with van der Waals surface area (Å²) in [7, 11) is 0. The Hall–Kier alpha value is -2.68. The lowest BCUT2D eigenvalue weighted by atomic mass is 9.66. The molecule has 32 heavy (non-hydrogen) atoms. The number of amides is 1. The summed E-state index contributed by atoms with van der Waals surface area (Å²) in [6, 6.07) is 2.84. The molecule has 2 aromatic rings. The summed E-state index contributed by atoms with van der Waals surface area (Å²) in [4.78, 5) is 19.5. The van der Waals surface area contributed by atoms with Crippen LogP contribution < -0.4 is 5.32 Å². The second kappa shape index (κ2) is 8.03. The number of morpholine rings is 1. The molecule has 170 valence electrons. The molecular weight excluding hydrogens is 426 g/mol. The third-order valence-corrected chi connectivity index (χ3v) is 6.77. The highest BCUT2D eigenvalue weighted by molar-refractivity contribution is 5.97. The molecule has 0 spiro atoms. The van der Waals surface area contributed by atoms with E-state index in [1.807, 2.05) is 0 Å². The van der Waals surface area contributed by atoms with Crippen molar-refractivity contribution < 1.29 is 27.1 Å². The molecule has 9 heteroatoms. The van der Waals surface area contributed by atoms with Crippen molar-refractivity contribution >= 4 is 17.4 Å². The van der Waals surface area contributed by atoms with Gasteiger partial charge in [0, 0.05) is 30.5 Å². The van der Waals surface area contributed by atoms with E-state index in [1.54, 1.807) is 4.90 Å². The van der Waals surface area contributed by atoms with Gasteiger partial charge in [0.15, 0.2) is 0 Å². The van der Waals surface area contributed by atoms with Crippen molar-refractivity contribution in [3.8, 4) is 0 Å². The first-order valence-electron chi connectivity index (χ1n) is 10.9. The van der Waals surface area contributed by atoms with E-state index in [0.29, 0.717) is 37.7 Å². The van der Waals surface area contributed by atoms with Crippen LogP contribution in [0.1, 0.15) is 64.6 Å². The van der Waals surface area contributed by atoms with Crippen LogP contribution in [0.2, 0.25) is 0 Å². The Morgan fingerprint density at radius 1 is 1.06 bits per heavy atom. The molecule has 3 aliphatic carbocycles. The molecule has 1 amide bonds. The van der Waals surface area contributed by atoms with Crippen LogP contribution in [0.15, 0.2) is 24.4 Å². The highest BCUT2D eigenvalue weighted by Crippen LogP contribution is 2.53. The summed E-state index contributed by atoms with van der Waals surface area (Å²) in [6.07, 6.45) is 0.634. The lowest BCUT2D eigenvalue weighted by Gasteiger charge is -2.40. The maximum absolute atomic E-state index is 13.7. The van der Waals surface area contributed by atoms with Gasteiger partial charge in [-0.1, -0.05) is 0 Å². The number of benzene rings is 1. The standard InChI is InChI=1S/C23H23F4N3O2/c24-18-6-5-15(11-17(18)23(25,26)27)29-21-20-14-3-1-13(2-4-14)19(20)16(12-28-21)22(31)30-7-9-32-10-8-30/h5-6,11-14H,1-4,7-10H2,(H,28,29). The Bertz CT molecular complexity index is 1040. The maximum atomic E-state index is 13.7. The Balaban J connectivity index is 1.54. The smallest absolute Gasteiger partial charge is 0.378 e. The van der Waals surface area contributed by atoms with Crippen LogP contribution in [-0.2, 0) is 10.9 Å². The van der Waals surface area contributed by atoms with E-state index in [4.69, 9.17) is 4.74 Å². The van der Waals surface area contributed by atoms with Crippen LogP contribution in [0.3, 0.4) is 0 Å². The Kier molecular flexibility index (Phi) is 5.31. The van der Waals surface area contributed by atoms with Crippen LogP contribution in [0.4, 0.5) is 29.1 Å². The number of carbonyl (C=O) groups is 1. The van der Waals surface area contributed by atoms with Crippen molar-refractivity contribution in [2.24, 2.45) is 0 Å². The monoisotopic (exact) mass is 449 g/mol. The number of hydrogen-bond acceptors (Lipinski definition) is 4. The molecule has 4 aliphatic rings. The zero-order chi connectivity index (χ0) is 22.5. The van der Waals surface area contributed by atoms with Crippen LogP contribution >= 0.6 is 0 Å². The molecule has 0 unspecified atom stereocenters. The summed E-state index contributed by atoms with van der Waals surface area (Å²) in [5.74, 6) is -0.504. The van der Waals surface area contributed by atoms with Gasteiger partial charge in [-0.3, -0.25) is 4.79 Å². The number of pyridine rings is 1. The number of anilines is 2. The molecule has 0 atom stereocenters. The van der Waals surface area contributed by atoms with Gasteiger partial charge in [-0.15, -0.1) is 0 Å². The predicted molar refractivity (Wildman–Crippen MR) is 110 cm³/mol. The van der Waals surface area contributed by atoms with E-state index >= 15 is 0 Å². The van der Waals surface area contributed by atoms with Gasteiger partial charge in [-0.05, 0) is 61.3 Å². The van der Waals surface area contributed by atoms with E-state index in [2.05, 4.69) is 10.3 Å². The number of alkyl halides is 3. The molecule has 1 saturated heterocycles. The highest BCUT2D eigenvalue weighted by atomic mass is 19.4. The van der Waals surface area contributed by atoms with Gasteiger partial charge in [0.1, 0.15) is 11.6 Å². The summed E-state index contributed by atoms with van der Waals surface area (Å²) in [6.45, 7) is 2.05. The molecule has 6 rings (SSSR count). The third-order valence-electron chi connectivity index (χ3n) is 6.77. The summed E-state index contributed by atoms with van der Waals surface area (Å²) >= 11 is 0. The number of fused-ring (bicyclic) bond motifs is 2. The topological polar surface area (TPSA) is 54.5 Å². The fraction of sp³-hybridized carbons (Fsp3) is 0.478. The quantitative estimate of drug-likeness (QED) is 0.654. The SMILES string of the molecule is O=C(c1cnc(Nc2ccc(F)c(C(F)(F)F)c2)c2c1C1CCC2CC1)N1CCOCC1. The number of ether oxygens (including phenoxy) is 1. The van der Waals surface area contributed by atoms with Gasteiger partial charge < -0.3 is 15.0 Å². The first-order chi connectivity index (χ1) is 15.3. The maximum Gasteiger partial charge on any atom is 0.419 e. The zero-order valence-corrected chi connectivity index (χ0v) is 17.3. The Morgan fingerprint density at radius 2 is 1.72 bits per heavy atom. The number of nitrogens with zero attached hydrogens (tertiary/aromatic N) is 2. The lowest BCUT2D eigenvalue weighted by Crippen LogP contribution is -2.41. The molecule has 1 N–H and O–H groups in total. The van der Waals surface area contributed by atoms with Crippen LogP contribution in [-0.4, -0.2) is 42.1 Å². The molecule has 2 fully saturated rings. The zero-order valence-electron chi connectivity index (χ0n) is 17.3.